The molecule has 0 saturated heterocycles. The Morgan fingerprint density at radius 3 is 0.722 bits per heavy atom. The van der Waals surface area contributed by atoms with Crippen molar-refractivity contribution in [1.82, 2.24) is 47.4 Å². The van der Waals surface area contributed by atoms with Gasteiger partial charge >= 0.3 is 0 Å². The normalized spacial score (nSPS) is 13.7. The summed E-state index contributed by atoms with van der Waals surface area (Å²) in [7, 11) is 0. The quantitative estimate of drug-likeness (QED) is 0.0166. The third kappa shape index (κ3) is 37.8. The average molecular weight is 1030 g/mol. The molecule has 0 aromatic carbocycles. The van der Waals surface area contributed by atoms with Crippen LogP contribution in [-0.2, 0) is 28.8 Å². The first-order chi connectivity index (χ1) is 34.4. The van der Waals surface area contributed by atoms with E-state index in [4.69, 9.17) is 56.7 Å². The van der Waals surface area contributed by atoms with Crippen molar-refractivity contribution in [3.05, 3.63) is 0 Å². The molecule has 0 saturated carbocycles. The van der Waals surface area contributed by atoms with E-state index in [1.54, 1.807) is 0 Å². The van der Waals surface area contributed by atoms with E-state index in [2.05, 4.69) is 54.4 Å². The molecular weight excluding hydrogens is 927 g/mol. The predicted octanol–water partition coefficient (Wildman–Crippen LogP) is -2.87. The summed E-state index contributed by atoms with van der Waals surface area (Å²) >= 11 is 0. The van der Waals surface area contributed by atoms with Crippen molar-refractivity contribution in [3.8, 4) is 0 Å². The van der Waals surface area contributed by atoms with Crippen LogP contribution in [0.15, 0.2) is 0 Å². The van der Waals surface area contributed by atoms with Gasteiger partial charge in [-0.25, -0.2) is 0 Å². The van der Waals surface area contributed by atoms with Gasteiger partial charge in [0.25, 0.3) is 0 Å². The van der Waals surface area contributed by atoms with Crippen LogP contribution in [0.3, 0.4) is 0 Å². The zero-order valence-electron chi connectivity index (χ0n) is 43.6. The maximum atomic E-state index is 12.6. The highest BCUT2D eigenvalue weighted by Gasteiger charge is 2.18. The van der Waals surface area contributed by atoms with E-state index in [0.29, 0.717) is 142 Å². The molecule has 0 fully saturated rings. The molecule has 0 aliphatic heterocycles. The molecule has 6 atom stereocenters. The van der Waals surface area contributed by atoms with Crippen LogP contribution in [-0.4, -0.2) is 161 Å². The van der Waals surface area contributed by atoms with E-state index in [-0.39, 0.29) is 47.4 Å². The summed E-state index contributed by atoms with van der Waals surface area (Å²) in [6.07, 6.45) is 13.8. The summed E-state index contributed by atoms with van der Waals surface area (Å²) in [5.41, 5.74) is 46.8. The second-order valence-electron chi connectivity index (χ2n) is 18.6. The molecular formula is C47H99N19O6. The van der Waals surface area contributed by atoms with Gasteiger partial charge in [-0.1, -0.05) is 6.92 Å². The zero-order chi connectivity index (χ0) is 53.9. The Morgan fingerprint density at radius 1 is 0.333 bits per heavy atom. The summed E-state index contributed by atoms with van der Waals surface area (Å²) < 4.78 is 0. The number of nitrogens with two attached hydrogens (primary N) is 8. The molecule has 0 aromatic heterocycles. The fourth-order valence-corrected chi connectivity index (χ4v) is 7.48. The summed E-state index contributed by atoms with van der Waals surface area (Å²) in [5.74, 6) is -1.48. The molecule has 0 radical (unpaired) electrons. The molecule has 25 heteroatoms. The number of hydrogen-bond donors (Lipinski definition) is 18. The van der Waals surface area contributed by atoms with Crippen molar-refractivity contribution in [3.63, 3.8) is 0 Å². The molecule has 6 amide bonds. The highest BCUT2D eigenvalue weighted by Crippen LogP contribution is 2.05. The van der Waals surface area contributed by atoms with E-state index >= 15 is 0 Å². The molecule has 418 valence electrons. The summed E-state index contributed by atoms with van der Waals surface area (Å²) in [6.45, 7) is 8.45. The number of hydrogen-bond acceptors (Lipinski definition) is 15. The minimum absolute atomic E-state index is 0.0816. The molecule has 0 unspecified atom stereocenters. The Balaban J connectivity index is 4.02. The number of nitrogens with zero attached hydrogens (tertiary/aromatic N) is 1. The highest BCUT2D eigenvalue weighted by atomic mass is 16.2. The average Bonchev–Trinajstić information content (AvgIpc) is 3.34. The number of rotatable bonds is 46. The van der Waals surface area contributed by atoms with Crippen molar-refractivity contribution in [2.75, 3.05) is 72.0 Å². The minimum atomic E-state index is -0.654. The summed E-state index contributed by atoms with van der Waals surface area (Å²) in [4.78, 5) is 76.7. The van der Waals surface area contributed by atoms with Crippen LogP contribution in [0.2, 0.25) is 0 Å². The van der Waals surface area contributed by atoms with Gasteiger partial charge in [0.1, 0.15) is 0 Å². The molecule has 26 N–H and O–H groups in total. The molecule has 0 aliphatic rings. The van der Waals surface area contributed by atoms with Gasteiger partial charge in [-0.05, 0) is 154 Å². The summed E-state index contributed by atoms with van der Waals surface area (Å²) in [6, 6.07) is -3.80. The van der Waals surface area contributed by atoms with Gasteiger partial charge in [0, 0.05) is 52.4 Å². The smallest absolute Gasteiger partial charge is 0.236 e. The molecule has 0 aromatic rings. The lowest BCUT2D eigenvalue weighted by atomic mass is 10.1. The monoisotopic (exact) mass is 1030 g/mol. The van der Waals surface area contributed by atoms with Gasteiger partial charge in [-0.3, -0.25) is 39.6 Å². The number of carbonyl (C=O) groups excluding carboxylic acids is 6. The number of amides is 6. The third-order valence-corrected chi connectivity index (χ3v) is 11.9. The molecule has 0 spiro atoms. The van der Waals surface area contributed by atoms with Gasteiger partial charge in [-0.15, -0.1) is 0 Å². The number of carbonyl (C=O) groups is 6. The SMILES string of the molecule is CCCN(CCCNC(=O)[C@@H](N)CCCCNC(=O)[C@@H](N)CCCCNC(=O)[C@@H](N)CCCCNC(=N)N)CCCNC(=O)[C@@H](N)CCCCNC(=O)[C@@H](N)CCCCNC(=O)[C@@H](N)CCCCNC(=N)N. The minimum Gasteiger partial charge on any atom is -0.370 e. The largest absolute Gasteiger partial charge is 0.370 e. The van der Waals surface area contributed by atoms with Gasteiger partial charge in [0.15, 0.2) is 11.9 Å². The van der Waals surface area contributed by atoms with Crippen LogP contribution >= 0.6 is 0 Å². The van der Waals surface area contributed by atoms with Crippen LogP contribution in [0.25, 0.3) is 0 Å². The molecule has 72 heavy (non-hydrogen) atoms. The van der Waals surface area contributed by atoms with Crippen molar-refractivity contribution < 1.29 is 28.8 Å². The van der Waals surface area contributed by atoms with Gasteiger partial charge in [0.05, 0.1) is 36.3 Å². The number of guanidine groups is 2. The maximum Gasteiger partial charge on any atom is 0.236 e. The number of nitrogens with one attached hydrogen (secondary N) is 10. The van der Waals surface area contributed by atoms with E-state index in [0.717, 1.165) is 64.6 Å². The highest BCUT2D eigenvalue weighted by molar-refractivity contribution is 5.83. The maximum absolute atomic E-state index is 12.6. The topological polar surface area (TPSA) is 458 Å². The van der Waals surface area contributed by atoms with Crippen molar-refractivity contribution in [2.45, 2.75) is 178 Å². The molecule has 25 nitrogen and oxygen atoms in total. The van der Waals surface area contributed by atoms with E-state index in [1.807, 2.05) is 0 Å². The lowest BCUT2D eigenvalue weighted by molar-refractivity contribution is -0.123. The third-order valence-electron chi connectivity index (χ3n) is 11.9. The predicted molar refractivity (Wildman–Crippen MR) is 285 cm³/mol. The first-order valence-corrected chi connectivity index (χ1v) is 26.5. The second kappa shape index (κ2) is 43.6. The Labute approximate surface area is 429 Å². The van der Waals surface area contributed by atoms with E-state index < -0.39 is 36.3 Å². The Bertz CT molecular complexity index is 1420. The number of unbranched alkanes of at least 4 members (excludes halogenated alkanes) is 6. The van der Waals surface area contributed by atoms with Crippen LogP contribution in [0.5, 0.6) is 0 Å². The van der Waals surface area contributed by atoms with Crippen LogP contribution in [0.4, 0.5) is 0 Å². The van der Waals surface area contributed by atoms with E-state index in [9.17, 15) is 28.8 Å². The Morgan fingerprint density at radius 2 is 0.528 bits per heavy atom. The van der Waals surface area contributed by atoms with Crippen molar-refractivity contribution in [1.29, 1.82) is 10.8 Å². The Kier molecular flexibility index (Phi) is 40.7. The van der Waals surface area contributed by atoms with E-state index in [1.165, 1.54) is 0 Å². The summed E-state index contributed by atoms with van der Waals surface area (Å²) in [5, 5.41) is 36.9. The lowest BCUT2D eigenvalue weighted by Crippen LogP contribution is -2.43. The molecule has 0 heterocycles. The van der Waals surface area contributed by atoms with Crippen LogP contribution in [0, 0.1) is 10.8 Å². The molecule has 0 aliphatic carbocycles. The van der Waals surface area contributed by atoms with Gasteiger partial charge in [0.2, 0.25) is 35.4 Å². The fourth-order valence-electron chi connectivity index (χ4n) is 7.48. The van der Waals surface area contributed by atoms with Crippen molar-refractivity contribution in [2.24, 2.45) is 45.9 Å². The molecule has 0 rings (SSSR count). The first-order valence-electron chi connectivity index (χ1n) is 26.5. The molecule has 0 bridgehead atoms. The Hall–Kier alpha value is -4.92. The van der Waals surface area contributed by atoms with Crippen LogP contribution in [0.1, 0.15) is 142 Å². The lowest BCUT2D eigenvalue weighted by Gasteiger charge is -2.22. The van der Waals surface area contributed by atoms with Crippen molar-refractivity contribution >= 4 is 47.4 Å². The standard InChI is InChI=1S/C47H99N19O6/c1-2-31-66(32-15-29-62-44(71)38(52)19-5-11-25-58-40(67)34(48)17-3-9-23-60-42(69)36(50)21-7-13-27-64-46(54)55)33-16-30-63-45(72)39(53)20-6-12-26-59-41(68)35(49)18-4-10-24-61-43(70)37(51)22-8-14-28-65-47(56)57/h34-39H,2-33,48-53H2,1H3,(H,58,67)(H,59,68)(H,60,69)(H,61,70)(H,62,71)(H,63,72)(H4,54,55,64)(H4,56,57,65)/t34-,35-,36-,37-,38-,39-/m0/s1. The van der Waals surface area contributed by atoms with Gasteiger partial charge < -0.3 is 93.3 Å². The van der Waals surface area contributed by atoms with Crippen LogP contribution < -0.4 is 88.4 Å². The first kappa shape index (κ1) is 67.1. The van der Waals surface area contributed by atoms with Gasteiger partial charge in [-0.2, -0.15) is 0 Å². The zero-order valence-corrected chi connectivity index (χ0v) is 43.6. The second-order valence-corrected chi connectivity index (χ2v) is 18.6. The fraction of sp³-hybridized carbons (Fsp3) is 0.830.